The van der Waals surface area contributed by atoms with Crippen LogP contribution in [0.4, 0.5) is 0 Å². The van der Waals surface area contributed by atoms with E-state index in [1.807, 2.05) is 6.20 Å². The first kappa shape index (κ1) is 9.40. The highest BCUT2D eigenvalue weighted by molar-refractivity contribution is 5.19. The predicted molar refractivity (Wildman–Crippen MR) is 59.5 cm³/mol. The summed E-state index contributed by atoms with van der Waals surface area (Å²) in [6, 6.07) is 0. The third-order valence-corrected chi connectivity index (χ3v) is 3.90. The van der Waals surface area contributed by atoms with Crippen LogP contribution in [0.25, 0.3) is 0 Å². The summed E-state index contributed by atoms with van der Waals surface area (Å²) in [6.45, 7) is 0. The van der Waals surface area contributed by atoms with Crippen LogP contribution in [0.2, 0.25) is 0 Å². The number of hydrogen-bond donors (Lipinski definition) is 2. The largest absolute Gasteiger partial charge is 0.344 e. The van der Waals surface area contributed by atoms with Crippen LogP contribution in [-0.2, 0) is 5.54 Å². The van der Waals surface area contributed by atoms with E-state index in [0.29, 0.717) is 5.92 Å². The second kappa shape index (κ2) is 3.34. The van der Waals surface area contributed by atoms with Crippen LogP contribution in [0.15, 0.2) is 6.20 Å². The summed E-state index contributed by atoms with van der Waals surface area (Å²) in [5, 5.41) is 0. The number of aromatic amines is 1. The molecule has 2 saturated carbocycles. The second-order valence-corrected chi connectivity index (χ2v) is 5.18. The Kier molecular flexibility index (Phi) is 2.09. The molecule has 0 spiro atoms. The Hall–Kier alpha value is -0.830. The van der Waals surface area contributed by atoms with E-state index in [-0.39, 0.29) is 5.54 Å². The van der Waals surface area contributed by atoms with Gasteiger partial charge in [0.05, 0.1) is 5.54 Å². The topological polar surface area (TPSA) is 54.7 Å². The maximum atomic E-state index is 6.12. The Labute approximate surface area is 90.5 Å². The molecule has 0 aromatic carbocycles. The molecular formula is C12H19N3. The summed E-state index contributed by atoms with van der Waals surface area (Å²) >= 11 is 0. The van der Waals surface area contributed by atoms with Gasteiger partial charge in [0.1, 0.15) is 5.82 Å². The van der Waals surface area contributed by atoms with Crippen LogP contribution in [-0.4, -0.2) is 9.97 Å². The average Bonchev–Trinajstić information content (AvgIpc) is 2.85. The van der Waals surface area contributed by atoms with E-state index in [2.05, 4.69) is 9.97 Å². The van der Waals surface area contributed by atoms with Gasteiger partial charge in [-0.25, -0.2) is 4.98 Å². The van der Waals surface area contributed by atoms with Gasteiger partial charge in [-0.05, 0) is 25.7 Å². The highest BCUT2D eigenvalue weighted by atomic mass is 15.0. The van der Waals surface area contributed by atoms with Crippen LogP contribution in [0.3, 0.4) is 0 Å². The predicted octanol–water partition coefficient (Wildman–Crippen LogP) is 2.41. The molecule has 2 fully saturated rings. The maximum absolute atomic E-state index is 6.12. The van der Waals surface area contributed by atoms with Crippen molar-refractivity contribution >= 4 is 0 Å². The Bertz CT molecular complexity index is 346. The van der Waals surface area contributed by atoms with Gasteiger partial charge in [0, 0.05) is 17.8 Å². The van der Waals surface area contributed by atoms with E-state index in [1.165, 1.54) is 37.8 Å². The fourth-order valence-corrected chi connectivity index (χ4v) is 2.58. The molecule has 0 bridgehead atoms. The number of aromatic nitrogens is 2. The van der Waals surface area contributed by atoms with Crippen LogP contribution in [0, 0.1) is 0 Å². The summed E-state index contributed by atoms with van der Waals surface area (Å²) in [7, 11) is 0. The normalized spacial score (nSPS) is 25.4. The summed E-state index contributed by atoms with van der Waals surface area (Å²) in [5.41, 5.74) is 7.33. The molecule has 15 heavy (non-hydrogen) atoms. The third kappa shape index (κ3) is 1.69. The van der Waals surface area contributed by atoms with Gasteiger partial charge in [0.25, 0.3) is 0 Å². The van der Waals surface area contributed by atoms with Gasteiger partial charge >= 0.3 is 0 Å². The highest BCUT2D eigenvalue weighted by Gasteiger charge is 2.43. The zero-order valence-electron chi connectivity index (χ0n) is 9.13. The molecule has 0 amide bonds. The number of nitrogens with one attached hydrogen (secondary N) is 1. The van der Waals surface area contributed by atoms with Gasteiger partial charge in [-0.1, -0.05) is 19.3 Å². The number of H-pyrrole nitrogens is 1. The lowest BCUT2D eigenvalue weighted by Crippen LogP contribution is -2.20. The molecule has 0 aliphatic heterocycles. The van der Waals surface area contributed by atoms with Crippen LogP contribution >= 0.6 is 0 Å². The fraction of sp³-hybridized carbons (Fsp3) is 0.750. The van der Waals surface area contributed by atoms with Crippen molar-refractivity contribution in [1.29, 1.82) is 0 Å². The van der Waals surface area contributed by atoms with Crippen LogP contribution in [0.1, 0.15) is 62.4 Å². The first-order valence-corrected chi connectivity index (χ1v) is 6.12. The lowest BCUT2D eigenvalue weighted by molar-refractivity contribution is 0.437. The van der Waals surface area contributed by atoms with Crippen molar-refractivity contribution in [2.24, 2.45) is 5.73 Å². The van der Waals surface area contributed by atoms with Crippen molar-refractivity contribution in [1.82, 2.24) is 9.97 Å². The molecule has 1 heterocycles. The Balaban J connectivity index is 1.77. The van der Waals surface area contributed by atoms with Gasteiger partial charge in [0.15, 0.2) is 0 Å². The van der Waals surface area contributed by atoms with E-state index < -0.39 is 0 Å². The number of nitrogens with zero attached hydrogens (tertiary/aromatic N) is 1. The number of rotatable bonds is 2. The van der Waals surface area contributed by atoms with E-state index in [4.69, 9.17) is 5.73 Å². The van der Waals surface area contributed by atoms with E-state index in [1.54, 1.807) is 0 Å². The van der Waals surface area contributed by atoms with Gasteiger partial charge < -0.3 is 10.7 Å². The molecule has 3 nitrogen and oxygen atoms in total. The summed E-state index contributed by atoms with van der Waals surface area (Å²) in [4.78, 5) is 7.89. The first-order chi connectivity index (χ1) is 7.28. The molecule has 1 aromatic heterocycles. The third-order valence-electron chi connectivity index (χ3n) is 3.90. The smallest absolute Gasteiger partial charge is 0.126 e. The minimum Gasteiger partial charge on any atom is -0.344 e. The van der Waals surface area contributed by atoms with Gasteiger partial charge in [-0.3, -0.25) is 0 Å². The standard InChI is InChI=1S/C12H19N3/c13-12(6-7-12)11-14-8-10(15-11)9-4-2-1-3-5-9/h8-9H,1-7,13H2,(H,14,15). The number of hydrogen-bond acceptors (Lipinski definition) is 2. The molecular weight excluding hydrogens is 186 g/mol. The minimum absolute atomic E-state index is 0.104. The molecule has 0 saturated heterocycles. The monoisotopic (exact) mass is 205 g/mol. The summed E-state index contributed by atoms with van der Waals surface area (Å²) in [5.74, 6) is 1.73. The van der Waals surface area contributed by atoms with E-state index in [0.717, 1.165) is 18.7 Å². The van der Waals surface area contributed by atoms with Crippen LogP contribution < -0.4 is 5.73 Å². The highest BCUT2D eigenvalue weighted by Crippen LogP contribution is 2.42. The van der Waals surface area contributed by atoms with Gasteiger partial charge in [-0.2, -0.15) is 0 Å². The molecule has 3 rings (SSSR count). The van der Waals surface area contributed by atoms with Crippen molar-refractivity contribution < 1.29 is 0 Å². The van der Waals surface area contributed by atoms with Crippen molar-refractivity contribution in [2.75, 3.05) is 0 Å². The van der Waals surface area contributed by atoms with Crippen molar-refractivity contribution in [2.45, 2.75) is 56.4 Å². The van der Waals surface area contributed by atoms with E-state index >= 15 is 0 Å². The van der Waals surface area contributed by atoms with Crippen molar-refractivity contribution in [3.05, 3.63) is 17.7 Å². The molecule has 3 heteroatoms. The molecule has 0 radical (unpaired) electrons. The van der Waals surface area contributed by atoms with Crippen LogP contribution in [0.5, 0.6) is 0 Å². The zero-order valence-corrected chi connectivity index (χ0v) is 9.13. The average molecular weight is 205 g/mol. The summed E-state index contributed by atoms with van der Waals surface area (Å²) < 4.78 is 0. The number of imidazole rings is 1. The van der Waals surface area contributed by atoms with Crippen molar-refractivity contribution in [3.8, 4) is 0 Å². The molecule has 3 N–H and O–H groups in total. The molecule has 2 aliphatic rings. The summed E-state index contributed by atoms with van der Waals surface area (Å²) in [6.07, 6.45) is 11.0. The molecule has 82 valence electrons. The zero-order chi connectivity index (χ0) is 10.3. The SMILES string of the molecule is NC1(c2ncc(C3CCCCC3)[nH]2)CC1. The second-order valence-electron chi connectivity index (χ2n) is 5.18. The molecule has 0 atom stereocenters. The Morgan fingerprint density at radius 1 is 1.27 bits per heavy atom. The molecule has 1 aromatic rings. The lowest BCUT2D eigenvalue weighted by atomic mass is 9.87. The first-order valence-electron chi connectivity index (χ1n) is 6.12. The van der Waals surface area contributed by atoms with E-state index in [9.17, 15) is 0 Å². The fourth-order valence-electron chi connectivity index (χ4n) is 2.58. The minimum atomic E-state index is -0.104. The number of nitrogens with two attached hydrogens (primary N) is 1. The molecule has 2 aliphatic carbocycles. The van der Waals surface area contributed by atoms with Gasteiger partial charge in [-0.15, -0.1) is 0 Å². The van der Waals surface area contributed by atoms with Crippen molar-refractivity contribution in [3.63, 3.8) is 0 Å². The Morgan fingerprint density at radius 2 is 2.00 bits per heavy atom. The maximum Gasteiger partial charge on any atom is 0.126 e. The Morgan fingerprint density at radius 3 is 2.67 bits per heavy atom. The lowest BCUT2D eigenvalue weighted by Gasteiger charge is -2.20. The van der Waals surface area contributed by atoms with Gasteiger partial charge in [0.2, 0.25) is 0 Å². The quantitative estimate of drug-likeness (QED) is 0.779. The molecule has 0 unspecified atom stereocenters.